The molecule has 0 spiro atoms. The summed E-state index contributed by atoms with van der Waals surface area (Å²) in [4.78, 5) is 27.6. The van der Waals surface area contributed by atoms with Gasteiger partial charge >= 0.3 is 0 Å². The van der Waals surface area contributed by atoms with Crippen molar-refractivity contribution < 1.29 is 19.1 Å². The van der Waals surface area contributed by atoms with Gasteiger partial charge in [0.25, 0.3) is 5.91 Å². The van der Waals surface area contributed by atoms with Gasteiger partial charge < -0.3 is 24.6 Å². The zero-order chi connectivity index (χ0) is 19.5. The molecule has 9 nitrogen and oxygen atoms in total. The largest absolute Gasteiger partial charge is 0.454 e. The van der Waals surface area contributed by atoms with Crippen molar-refractivity contribution in [2.24, 2.45) is 0 Å². The van der Waals surface area contributed by atoms with Crippen molar-refractivity contribution in [2.75, 3.05) is 37.9 Å². The van der Waals surface area contributed by atoms with Gasteiger partial charge in [0.1, 0.15) is 0 Å². The summed E-state index contributed by atoms with van der Waals surface area (Å²) in [5, 5.41) is 11.0. The predicted octanol–water partition coefficient (Wildman–Crippen LogP) is 0.804. The number of ether oxygens (including phenoxy) is 2. The average molecular weight is 383 g/mol. The second kappa shape index (κ2) is 7.71. The highest BCUT2D eigenvalue weighted by molar-refractivity contribution is 5.92. The number of piperazine rings is 1. The number of anilines is 1. The Labute approximate surface area is 162 Å². The van der Waals surface area contributed by atoms with Gasteiger partial charge in [0.2, 0.25) is 12.7 Å². The van der Waals surface area contributed by atoms with Crippen molar-refractivity contribution in [2.45, 2.75) is 13.5 Å². The van der Waals surface area contributed by atoms with Crippen molar-refractivity contribution in [3.8, 4) is 11.5 Å². The second-order valence-corrected chi connectivity index (χ2v) is 6.64. The molecule has 0 aliphatic carbocycles. The number of carbonyl (C=O) groups is 2. The van der Waals surface area contributed by atoms with Gasteiger partial charge in [-0.1, -0.05) is 6.07 Å². The maximum Gasteiger partial charge on any atom is 0.272 e. The van der Waals surface area contributed by atoms with Crippen LogP contribution in [0.5, 0.6) is 11.5 Å². The zero-order valence-electron chi connectivity index (χ0n) is 15.6. The molecular weight excluding hydrogens is 362 g/mol. The van der Waals surface area contributed by atoms with E-state index in [4.69, 9.17) is 9.47 Å². The summed E-state index contributed by atoms with van der Waals surface area (Å²) in [6.45, 7) is 4.87. The molecule has 1 saturated heterocycles. The third-order valence-electron chi connectivity index (χ3n) is 4.82. The van der Waals surface area contributed by atoms with E-state index >= 15 is 0 Å². The molecule has 0 radical (unpaired) electrons. The van der Waals surface area contributed by atoms with Crippen molar-refractivity contribution in [1.29, 1.82) is 0 Å². The van der Waals surface area contributed by atoms with E-state index in [2.05, 4.69) is 20.4 Å². The van der Waals surface area contributed by atoms with Gasteiger partial charge in [-0.25, -0.2) is 0 Å². The van der Waals surface area contributed by atoms with Crippen molar-refractivity contribution in [1.82, 2.24) is 20.4 Å². The summed E-state index contributed by atoms with van der Waals surface area (Å²) in [5.74, 6) is 1.88. The average Bonchev–Trinajstić information content (AvgIpc) is 3.20. The summed E-state index contributed by atoms with van der Waals surface area (Å²) in [5.41, 5.74) is 1.16. The lowest BCUT2D eigenvalue weighted by Gasteiger charge is -2.34. The molecule has 2 aromatic rings. The summed E-state index contributed by atoms with van der Waals surface area (Å²) in [6, 6.07) is 8.99. The Morgan fingerprint density at radius 2 is 1.82 bits per heavy atom. The lowest BCUT2D eigenvalue weighted by atomic mass is 10.2. The molecule has 2 aliphatic rings. The molecule has 0 bridgehead atoms. The summed E-state index contributed by atoms with van der Waals surface area (Å²) >= 11 is 0. The van der Waals surface area contributed by atoms with Gasteiger partial charge in [-0.2, -0.15) is 0 Å². The monoisotopic (exact) mass is 383 g/mol. The first-order chi connectivity index (χ1) is 13.6. The Bertz CT molecular complexity index is 878. The summed E-state index contributed by atoms with van der Waals surface area (Å²) in [7, 11) is 0. The topological polar surface area (TPSA) is 96.9 Å². The molecule has 9 heteroatoms. The second-order valence-electron chi connectivity index (χ2n) is 6.64. The van der Waals surface area contributed by atoms with E-state index in [9.17, 15) is 9.59 Å². The third kappa shape index (κ3) is 3.83. The molecule has 2 aliphatic heterocycles. The number of hydrogen-bond acceptors (Lipinski definition) is 7. The molecule has 1 aromatic carbocycles. The van der Waals surface area contributed by atoms with E-state index in [1.807, 2.05) is 23.1 Å². The van der Waals surface area contributed by atoms with Crippen LogP contribution in [0.25, 0.3) is 0 Å². The number of aromatic nitrogens is 2. The fraction of sp³-hybridized carbons (Fsp3) is 0.368. The smallest absolute Gasteiger partial charge is 0.272 e. The first-order valence-corrected chi connectivity index (χ1v) is 9.11. The minimum absolute atomic E-state index is 0.0835. The van der Waals surface area contributed by atoms with Crippen molar-refractivity contribution >= 4 is 17.6 Å². The predicted molar refractivity (Wildman–Crippen MR) is 100 cm³/mol. The highest BCUT2D eigenvalue weighted by Gasteiger charge is 2.20. The van der Waals surface area contributed by atoms with Crippen LogP contribution in [0.2, 0.25) is 0 Å². The van der Waals surface area contributed by atoms with E-state index in [1.165, 1.54) is 0 Å². The van der Waals surface area contributed by atoms with Crippen molar-refractivity contribution in [3.63, 3.8) is 0 Å². The first kappa shape index (κ1) is 18.0. The lowest BCUT2D eigenvalue weighted by molar-refractivity contribution is -0.129. The molecule has 0 saturated carbocycles. The quantitative estimate of drug-likeness (QED) is 0.834. The Morgan fingerprint density at radius 1 is 1.04 bits per heavy atom. The van der Waals surface area contributed by atoms with Crippen molar-refractivity contribution in [3.05, 3.63) is 41.6 Å². The number of nitrogens with one attached hydrogen (secondary N) is 1. The Morgan fingerprint density at radius 3 is 2.54 bits per heavy atom. The Hall–Kier alpha value is -3.36. The zero-order valence-corrected chi connectivity index (χ0v) is 15.6. The van der Waals surface area contributed by atoms with E-state index in [0.29, 0.717) is 50.0 Å². The van der Waals surface area contributed by atoms with Crippen LogP contribution in [0.15, 0.2) is 30.3 Å². The molecule has 2 amide bonds. The summed E-state index contributed by atoms with van der Waals surface area (Å²) in [6.07, 6.45) is 0. The van der Waals surface area contributed by atoms with Crippen LogP contribution in [0.1, 0.15) is 23.0 Å². The van der Waals surface area contributed by atoms with Gasteiger partial charge in [-0.15, -0.1) is 10.2 Å². The minimum Gasteiger partial charge on any atom is -0.454 e. The van der Waals surface area contributed by atoms with Crippen LogP contribution < -0.4 is 19.7 Å². The van der Waals surface area contributed by atoms with Crippen LogP contribution in [-0.4, -0.2) is 59.9 Å². The van der Waals surface area contributed by atoms with Gasteiger partial charge in [-0.05, 0) is 29.8 Å². The van der Waals surface area contributed by atoms with Gasteiger partial charge in [-0.3, -0.25) is 9.59 Å². The molecule has 1 fully saturated rings. The van der Waals surface area contributed by atoms with Crippen LogP contribution in [-0.2, 0) is 11.3 Å². The first-order valence-electron chi connectivity index (χ1n) is 9.11. The number of fused-ring (bicyclic) bond motifs is 1. The van der Waals surface area contributed by atoms with Crippen LogP contribution >= 0.6 is 0 Å². The lowest BCUT2D eigenvalue weighted by Crippen LogP contribution is -2.48. The molecule has 1 aromatic heterocycles. The molecule has 4 rings (SSSR count). The normalized spacial score (nSPS) is 15.5. The number of hydrogen-bond donors (Lipinski definition) is 1. The molecule has 1 N–H and O–H groups in total. The highest BCUT2D eigenvalue weighted by atomic mass is 16.7. The fourth-order valence-electron chi connectivity index (χ4n) is 3.19. The fourth-order valence-corrected chi connectivity index (χ4v) is 3.19. The maximum atomic E-state index is 12.3. The highest BCUT2D eigenvalue weighted by Crippen LogP contribution is 2.32. The van der Waals surface area contributed by atoms with Gasteiger partial charge in [0.15, 0.2) is 23.0 Å². The minimum atomic E-state index is -0.293. The molecule has 3 heterocycles. The SMILES string of the molecule is CC(=O)N1CCN(c2ccc(C(=O)NCc3ccc4c(c3)OCO4)nn2)CC1. The third-order valence-corrected chi connectivity index (χ3v) is 4.82. The maximum absolute atomic E-state index is 12.3. The number of rotatable bonds is 4. The number of nitrogens with zero attached hydrogens (tertiary/aromatic N) is 4. The summed E-state index contributed by atoms with van der Waals surface area (Å²) < 4.78 is 10.6. The van der Waals surface area contributed by atoms with E-state index in [0.717, 1.165) is 5.56 Å². The molecular formula is C19H21N5O4. The van der Waals surface area contributed by atoms with E-state index in [-0.39, 0.29) is 24.3 Å². The number of amides is 2. The number of benzene rings is 1. The molecule has 28 heavy (non-hydrogen) atoms. The van der Waals surface area contributed by atoms with Crippen LogP contribution in [0.4, 0.5) is 5.82 Å². The van der Waals surface area contributed by atoms with E-state index < -0.39 is 0 Å². The van der Waals surface area contributed by atoms with Gasteiger partial charge in [0.05, 0.1) is 0 Å². The Kier molecular flexibility index (Phi) is 4.96. The van der Waals surface area contributed by atoms with Crippen LogP contribution in [0.3, 0.4) is 0 Å². The van der Waals surface area contributed by atoms with Gasteiger partial charge in [0, 0.05) is 39.6 Å². The standard InChI is InChI=1S/C19H21N5O4/c1-13(25)23-6-8-24(9-7-23)18-5-3-15(21-22-18)19(26)20-11-14-2-4-16-17(10-14)28-12-27-16/h2-5,10H,6-9,11-12H2,1H3,(H,20,26). The van der Waals surface area contributed by atoms with Crippen LogP contribution in [0, 0.1) is 0 Å². The Balaban J connectivity index is 1.32. The molecule has 0 unspecified atom stereocenters. The number of carbonyl (C=O) groups excluding carboxylic acids is 2. The van der Waals surface area contributed by atoms with E-state index in [1.54, 1.807) is 19.1 Å². The molecule has 146 valence electrons. The molecule has 0 atom stereocenters.